The Morgan fingerprint density at radius 2 is 1.88 bits per heavy atom. The van der Waals surface area contributed by atoms with Crippen molar-refractivity contribution in [2.75, 3.05) is 25.0 Å². The molecular formula is C25H29IN4O3. The lowest BCUT2D eigenvalue weighted by atomic mass is 10.1. The van der Waals surface area contributed by atoms with E-state index in [1.807, 2.05) is 31.2 Å². The highest BCUT2D eigenvalue weighted by molar-refractivity contribution is 14.0. The zero-order valence-corrected chi connectivity index (χ0v) is 20.9. The van der Waals surface area contributed by atoms with Crippen LogP contribution in [0.5, 0.6) is 5.75 Å². The van der Waals surface area contributed by atoms with Gasteiger partial charge in [0, 0.05) is 25.2 Å². The first kappa shape index (κ1) is 24.6. The van der Waals surface area contributed by atoms with Gasteiger partial charge >= 0.3 is 0 Å². The molecule has 2 aromatic carbocycles. The lowest BCUT2D eigenvalue weighted by molar-refractivity contribution is 0.0996. The predicted octanol–water partition coefficient (Wildman–Crippen LogP) is 4.38. The number of benzene rings is 2. The number of hydrogen-bond acceptors (Lipinski definition) is 4. The maximum Gasteiger partial charge on any atom is 0.291 e. The monoisotopic (exact) mass is 560 g/mol. The highest BCUT2D eigenvalue weighted by Crippen LogP contribution is 2.25. The van der Waals surface area contributed by atoms with E-state index in [-0.39, 0.29) is 35.6 Å². The second-order valence-corrected chi connectivity index (χ2v) is 7.54. The lowest BCUT2D eigenvalue weighted by Gasteiger charge is -2.12. The Bertz CT molecular complexity index is 1070. The SMILES string of the molecule is CCNC(=NCc1ccc(NC(=O)c2ccco2)cc1)NCCc1ccc2c(c1)CCO2.I. The van der Waals surface area contributed by atoms with E-state index in [1.165, 1.54) is 17.4 Å². The molecule has 1 aromatic heterocycles. The van der Waals surface area contributed by atoms with E-state index in [0.29, 0.717) is 12.2 Å². The summed E-state index contributed by atoms with van der Waals surface area (Å²) in [4.78, 5) is 16.7. The van der Waals surface area contributed by atoms with Crippen LogP contribution < -0.4 is 20.7 Å². The fourth-order valence-electron chi connectivity index (χ4n) is 3.53. The molecular weight excluding hydrogens is 531 g/mol. The number of aliphatic imine (C=N–C) groups is 1. The van der Waals surface area contributed by atoms with Gasteiger partial charge in [-0.1, -0.05) is 24.3 Å². The molecule has 0 atom stereocenters. The Morgan fingerprint density at radius 3 is 2.64 bits per heavy atom. The van der Waals surface area contributed by atoms with Gasteiger partial charge in [-0.25, -0.2) is 4.99 Å². The second-order valence-electron chi connectivity index (χ2n) is 7.54. The molecule has 0 spiro atoms. The summed E-state index contributed by atoms with van der Waals surface area (Å²) in [6, 6.07) is 17.4. The molecule has 0 saturated heterocycles. The van der Waals surface area contributed by atoms with Gasteiger partial charge in [0.15, 0.2) is 11.7 Å². The Kier molecular flexibility index (Phi) is 9.17. The summed E-state index contributed by atoms with van der Waals surface area (Å²) >= 11 is 0. The van der Waals surface area contributed by atoms with E-state index in [0.717, 1.165) is 49.8 Å². The number of amides is 1. The highest BCUT2D eigenvalue weighted by Gasteiger charge is 2.12. The number of fused-ring (bicyclic) bond motifs is 1. The minimum Gasteiger partial charge on any atom is -0.493 e. The molecule has 1 aliphatic heterocycles. The quantitative estimate of drug-likeness (QED) is 0.216. The number of halogens is 1. The van der Waals surface area contributed by atoms with E-state index in [2.05, 4.69) is 39.1 Å². The number of ether oxygens (including phenoxy) is 1. The molecule has 174 valence electrons. The van der Waals surface area contributed by atoms with Crippen LogP contribution in [0.2, 0.25) is 0 Å². The highest BCUT2D eigenvalue weighted by atomic mass is 127. The molecule has 1 amide bonds. The van der Waals surface area contributed by atoms with Crippen molar-refractivity contribution >= 4 is 41.5 Å². The zero-order chi connectivity index (χ0) is 22.2. The van der Waals surface area contributed by atoms with Crippen LogP contribution in [0.4, 0.5) is 5.69 Å². The van der Waals surface area contributed by atoms with Crippen molar-refractivity contribution in [2.24, 2.45) is 4.99 Å². The van der Waals surface area contributed by atoms with Crippen LogP contribution in [0.3, 0.4) is 0 Å². The first-order chi connectivity index (χ1) is 15.7. The fourth-order valence-corrected chi connectivity index (χ4v) is 3.53. The molecule has 0 fully saturated rings. The van der Waals surface area contributed by atoms with E-state index >= 15 is 0 Å². The number of hydrogen-bond donors (Lipinski definition) is 3. The topological polar surface area (TPSA) is 87.9 Å². The number of carbonyl (C=O) groups is 1. The number of furan rings is 1. The third-order valence-electron chi connectivity index (χ3n) is 5.18. The van der Waals surface area contributed by atoms with Gasteiger partial charge in [0.1, 0.15) is 5.75 Å². The Labute approximate surface area is 211 Å². The van der Waals surface area contributed by atoms with E-state index < -0.39 is 0 Å². The van der Waals surface area contributed by atoms with Crippen molar-refractivity contribution in [3.05, 3.63) is 83.3 Å². The van der Waals surface area contributed by atoms with Gasteiger partial charge in [-0.3, -0.25) is 4.79 Å². The first-order valence-corrected chi connectivity index (χ1v) is 10.9. The van der Waals surface area contributed by atoms with Gasteiger partial charge in [-0.15, -0.1) is 24.0 Å². The zero-order valence-electron chi connectivity index (χ0n) is 18.6. The third-order valence-corrected chi connectivity index (χ3v) is 5.18. The lowest BCUT2D eigenvalue weighted by Crippen LogP contribution is -2.38. The van der Waals surface area contributed by atoms with Gasteiger partial charge in [0.25, 0.3) is 5.91 Å². The molecule has 0 aliphatic carbocycles. The minimum absolute atomic E-state index is 0. The second kappa shape index (κ2) is 12.3. The van der Waals surface area contributed by atoms with E-state index in [1.54, 1.807) is 12.1 Å². The maximum absolute atomic E-state index is 12.1. The summed E-state index contributed by atoms with van der Waals surface area (Å²) in [5.74, 6) is 1.82. The van der Waals surface area contributed by atoms with Crippen LogP contribution in [-0.4, -0.2) is 31.6 Å². The van der Waals surface area contributed by atoms with Crippen molar-refractivity contribution < 1.29 is 13.9 Å². The van der Waals surface area contributed by atoms with Gasteiger partial charge in [0.2, 0.25) is 0 Å². The molecule has 0 unspecified atom stereocenters. The molecule has 1 aliphatic rings. The molecule has 0 radical (unpaired) electrons. The normalized spacial score (nSPS) is 12.3. The van der Waals surface area contributed by atoms with Crippen LogP contribution in [-0.2, 0) is 19.4 Å². The molecule has 2 heterocycles. The number of rotatable bonds is 8. The summed E-state index contributed by atoms with van der Waals surface area (Å²) in [6.07, 6.45) is 3.39. The van der Waals surface area contributed by atoms with Crippen molar-refractivity contribution in [3.63, 3.8) is 0 Å². The van der Waals surface area contributed by atoms with E-state index in [9.17, 15) is 4.79 Å². The molecule has 8 heteroatoms. The number of nitrogens with zero attached hydrogens (tertiary/aromatic N) is 1. The maximum atomic E-state index is 12.1. The summed E-state index contributed by atoms with van der Waals surface area (Å²) in [5, 5.41) is 9.50. The van der Waals surface area contributed by atoms with Crippen molar-refractivity contribution in [3.8, 4) is 5.75 Å². The third kappa shape index (κ3) is 6.98. The summed E-state index contributed by atoms with van der Waals surface area (Å²) < 4.78 is 10.7. The van der Waals surface area contributed by atoms with Crippen LogP contribution in [0, 0.1) is 0 Å². The van der Waals surface area contributed by atoms with Crippen LogP contribution >= 0.6 is 24.0 Å². The predicted molar refractivity (Wildman–Crippen MR) is 141 cm³/mol. The Morgan fingerprint density at radius 1 is 1.06 bits per heavy atom. The summed E-state index contributed by atoms with van der Waals surface area (Å²) in [6.45, 7) is 4.96. The molecule has 4 rings (SSSR count). The van der Waals surface area contributed by atoms with Crippen LogP contribution in [0.15, 0.2) is 70.3 Å². The molecule has 7 nitrogen and oxygen atoms in total. The minimum atomic E-state index is -0.268. The molecule has 33 heavy (non-hydrogen) atoms. The molecule has 0 bridgehead atoms. The summed E-state index contributed by atoms with van der Waals surface area (Å²) in [5.41, 5.74) is 4.36. The van der Waals surface area contributed by atoms with Gasteiger partial charge in [0.05, 0.1) is 19.4 Å². The molecule has 0 saturated carbocycles. The molecule has 3 aromatic rings. The van der Waals surface area contributed by atoms with Gasteiger partial charge < -0.3 is 25.1 Å². The number of guanidine groups is 1. The Hall–Kier alpha value is -3.01. The largest absolute Gasteiger partial charge is 0.493 e. The average Bonchev–Trinajstić information content (AvgIpc) is 3.50. The van der Waals surface area contributed by atoms with Gasteiger partial charge in [-0.2, -0.15) is 0 Å². The van der Waals surface area contributed by atoms with Crippen LogP contribution in [0.1, 0.15) is 34.2 Å². The van der Waals surface area contributed by atoms with Crippen molar-refractivity contribution in [1.82, 2.24) is 10.6 Å². The van der Waals surface area contributed by atoms with Crippen LogP contribution in [0.25, 0.3) is 0 Å². The van der Waals surface area contributed by atoms with Crippen molar-refractivity contribution in [2.45, 2.75) is 26.3 Å². The fraction of sp³-hybridized carbons (Fsp3) is 0.280. The summed E-state index contributed by atoms with van der Waals surface area (Å²) in [7, 11) is 0. The number of carbonyl (C=O) groups excluding carboxylic acids is 1. The number of anilines is 1. The van der Waals surface area contributed by atoms with Crippen molar-refractivity contribution in [1.29, 1.82) is 0 Å². The standard InChI is InChI=1S/C25H28N4O3.HI/c1-2-26-25(27-13-11-18-7-10-22-20(16-18)12-15-32-22)28-17-19-5-8-21(9-6-19)29-24(30)23-4-3-14-31-23;/h3-10,14,16H,2,11-13,15,17H2,1H3,(H,29,30)(H2,26,27,28);1H. The average molecular weight is 560 g/mol. The molecule has 3 N–H and O–H groups in total. The number of nitrogens with one attached hydrogen (secondary N) is 3. The van der Waals surface area contributed by atoms with E-state index in [4.69, 9.17) is 9.15 Å². The first-order valence-electron chi connectivity index (χ1n) is 10.9. The smallest absolute Gasteiger partial charge is 0.291 e. The van der Waals surface area contributed by atoms with Gasteiger partial charge in [-0.05, 0) is 60.4 Å². The Balaban J connectivity index is 0.00000306.